The SMILES string of the molecule is CC1(C)C(/C=C/C=C/C=C2/N(CCCS(=O)(=O)O)c3cc(S(=O)(=O)O)cc(S(=O)(=O)O)c3C2(C)CCCCCC(=O)O)=[N+](CCCS(=O)(=O)O)c2cc(S(=O)(=O)O)cc(C(=O)NCCS(=O)(=O)O)c21. The van der Waals surface area contributed by atoms with Crippen molar-refractivity contribution >= 4 is 89.7 Å². The molecule has 0 bridgehead atoms. The molecular weight excluding hydrogens is 1040 g/mol. The van der Waals surface area contributed by atoms with Gasteiger partial charge in [-0.2, -0.15) is 55.1 Å². The number of benzene rings is 2. The van der Waals surface area contributed by atoms with E-state index in [0.717, 1.165) is 18.2 Å². The van der Waals surface area contributed by atoms with E-state index in [1.165, 1.54) is 39.9 Å². The molecule has 24 nitrogen and oxygen atoms in total. The number of nitrogens with zero attached hydrogens (tertiary/aromatic N) is 2. The van der Waals surface area contributed by atoms with Crippen LogP contribution in [0.15, 0.2) is 75.0 Å². The lowest BCUT2D eigenvalue weighted by molar-refractivity contribution is -0.437. The van der Waals surface area contributed by atoms with E-state index in [4.69, 9.17) is 0 Å². The highest BCUT2D eigenvalue weighted by Gasteiger charge is 2.49. The number of anilines is 1. The molecule has 1 unspecified atom stereocenters. The second-order valence-electron chi connectivity index (χ2n) is 16.8. The van der Waals surface area contributed by atoms with Crippen molar-refractivity contribution in [2.45, 2.75) is 91.2 Å². The second kappa shape index (κ2) is 21.1. The summed E-state index contributed by atoms with van der Waals surface area (Å²) in [6, 6.07) is 3.33. The van der Waals surface area contributed by atoms with Gasteiger partial charge in [-0.25, -0.2) is 0 Å². The number of carbonyl (C=O) groups is 2. The zero-order chi connectivity index (χ0) is 52.3. The Morgan fingerprint density at radius 2 is 1.25 bits per heavy atom. The Morgan fingerprint density at radius 1 is 0.667 bits per heavy atom. The number of hydrogen-bond acceptors (Lipinski definition) is 15. The molecule has 8 N–H and O–H groups in total. The fourth-order valence-corrected chi connectivity index (χ4v) is 11.8. The molecule has 69 heavy (non-hydrogen) atoms. The van der Waals surface area contributed by atoms with Gasteiger partial charge in [-0.3, -0.25) is 36.9 Å². The van der Waals surface area contributed by atoms with Gasteiger partial charge in [-0.1, -0.05) is 31.1 Å². The summed E-state index contributed by atoms with van der Waals surface area (Å²) >= 11 is 0. The number of carbonyl (C=O) groups excluding carboxylic acids is 1. The molecule has 2 aromatic rings. The number of aliphatic carboxylic acids is 1. The van der Waals surface area contributed by atoms with Crippen LogP contribution in [0.3, 0.4) is 0 Å². The van der Waals surface area contributed by atoms with Crippen LogP contribution in [0.2, 0.25) is 0 Å². The van der Waals surface area contributed by atoms with E-state index >= 15 is 0 Å². The van der Waals surface area contributed by atoms with Crippen molar-refractivity contribution in [1.29, 1.82) is 0 Å². The van der Waals surface area contributed by atoms with E-state index in [9.17, 15) is 92.5 Å². The van der Waals surface area contributed by atoms with Crippen LogP contribution in [0.4, 0.5) is 11.4 Å². The maximum absolute atomic E-state index is 13.6. The molecule has 4 rings (SSSR count). The minimum atomic E-state index is -5.28. The lowest BCUT2D eigenvalue weighted by atomic mass is 9.77. The molecule has 1 atom stereocenters. The Labute approximate surface area is 400 Å². The number of hydrogen-bond donors (Lipinski definition) is 8. The Hall–Kier alpha value is -4.47. The summed E-state index contributed by atoms with van der Waals surface area (Å²) in [5.41, 5.74) is -2.90. The van der Waals surface area contributed by atoms with Crippen LogP contribution < -0.4 is 10.2 Å². The first-order valence-corrected chi connectivity index (χ1v) is 29.7. The fourth-order valence-electron chi connectivity index (χ4n) is 8.44. The van der Waals surface area contributed by atoms with Crippen LogP contribution in [-0.4, -0.2) is 142 Å². The largest absolute Gasteiger partial charge is 0.481 e. The zero-order valence-electron chi connectivity index (χ0n) is 37.1. The van der Waals surface area contributed by atoms with E-state index in [1.54, 1.807) is 20.8 Å². The Balaban J connectivity index is 1.95. The number of rotatable bonds is 24. The first-order chi connectivity index (χ1) is 31.4. The van der Waals surface area contributed by atoms with E-state index in [2.05, 4.69) is 5.32 Å². The monoisotopic (exact) mass is 1090 g/mol. The molecule has 0 saturated heterocycles. The van der Waals surface area contributed by atoms with Crippen LogP contribution in [0.1, 0.15) is 87.2 Å². The molecule has 0 spiro atoms. The van der Waals surface area contributed by atoms with Gasteiger partial charge in [0, 0.05) is 60.4 Å². The highest BCUT2D eigenvalue weighted by atomic mass is 32.2. The van der Waals surface area contributed by atoms with Crippen LogP contribution in [0, 0.1) is 0 Å². The first kappa shape index (κ1) is 57.1. The third-order valence-electron chi connectivity index (χ3n) is 11.3. The maximum Gasteiger partial charge on any atom is 0.303 e. The van der Waals surface area contributed by atoms with Gasteiger partial charge in [-0.15, -0.1) is 0 Å². The predicted molar refractivity (Wildman–Crippen MR) is 248 cm³/mol. The Bertz CT molecular complexity index is 3210. The number of allylic oxidation sites excluding steroid dienone is 6. The quantitative estimate of drug-likeness (QED) is 0.0324. The number of fused-ring (bicyclic) bond motifs is 2. The van der Waals surface area contributed by atoms with Gasteiger partial charge in [-0.05, 0) is 64.3 Å². The van der Waals surface area contributed by atoms with Crippen LogP contribution in [0.5, 0.6) is 0 Å². The minimum Gasteiger partial charge on any atom is -0.481 e. The number of amides is 1. The summed E-state index contributed by atoms with van der Waals surface area (Å²) in [7, 11) is -29.1. The van der Waals surface area contributed by atoms with E-state index < -0.39 is 122 Å². The van der Waals surface area contributed by atoms with Crippen molar-refractivity contribution in [3.05, 3.63) is 77.0 Å². The third-order valence-corrected chi connectivity index (χ3v) is 16.2. The Morgan fingerprint density at radius 3 is 1.80 bits per heavy atom. The van der Waals surface area contributed by atoms with Gasteiger partial charge in [0.05, 0.1) is 38.7 Å². The second-order valence-corrected chi connectivity index (χ2v) is 25.8. The zero-order valence-corrected chi connectivity index (χ0v) is 42.0. The van der Waals surface area contributed by atoms with Gasteiger partial charge in [0.2, 0.25) is 5.69 Å². The van der Waals surface area contributed by atoms with E-state index in [1.807, 2.05) is 0 Å². The molecule has 30 heteroatoms. The number of carboxylic acids is 1. The van der Waals surface area contributed by atoms with Crippen LogP contribution >= 0.6 is 0 Å². The molecule has 1 amide bonds. The van der Waals surface area contributed by atoms with Gasteiger partial charge >= 0.3 is 5.97 Å². The Kier molecular flexibility index (Phi) is 17.5. The number of unbranched alkanes of at least 4 members (excludes halogenated alkanes) is 2. The molecule has 0 radical (unpaired) electrons. The minimum absolute atomic E-state index is 0.0154. The average molecular weight is 1090 g/mol. The van der Waals surface area contributed by atoms with Crippen molar-refractivity contribution in [2.24, 2.45) is 0 Å². The topological polar surface area (TPSA) is 399 Å². The molecule has 384 valence electrons. The van der Waals surface area contributed by atoms with Gasteiger partial charge in [0.25, 0.3) is 66.6 Å². The lowest BCUT2D eigenvalue weighted by Crippen LogP contribution is -2.33. The lowest BCUT2D eigenvalue weighted by Gasteiger charge is -2.31. The highest BCUT2D eigenvalue weighted by molar-refractivity contribution is 7.87. The van der Waals surface area contributed by atoms with Gasteiger partial charge < -0.3 is 15.3 Å². The van der Waals surface area contributed by atoms with Gasteiger partial charge in [0.1, 0.15) is 16.3 Å². The molecule has 2 aliphatic heterocycles. The highest BCUT2D eigenvalue weighted by Crippen LogP contribution is 2.54. The molecule has 0 aliphatic carbocycles. The van der Waals surface area contributed by atoms with E-state index in [-0.39, 0.29) is 91.1 Å². The summed E-state index contributed by atoms with van der Waals surface area (Å²) in [5.74, 6) is -4.59. The summed E-state index contributed by atoms with van der Waals surface area (Å²) in [6.07, 6.45) is 7.13. The normalized spacial score (nSPS) is 18.4. The van der Waals surface area contributed by atoms with Crippen molar-refractivity contribution in [3.8, 4) is 0 Å². The molecule has 2 aliphatic rings. The van der Waals surface area contributed by atoms with E-state index in [0.29, 0.717) is 12.5 Å². The summed E-state index contributed by atoms with van der Waals surface area (Å²) in [5, 5.41) is 11.4. The average Bonchev–Trinajstić information content (AvgIpc) is 3.53. The van der Waals surface area contributed by atoms with Crippen molar-refractivity contribution < 1.29 is 97.1 Å². The fraction of sp³-hybridized carbons (Fsp3) is 0.462. The predicted octanol–water partition coefficient (Wildman–Crippen LogP) is 2.79. The molecule has 2 heterocycles. The van der Waals surface area contributed by atoms with Crippen molar-refractivity contribution in [3.63, 3.8) is 0 Å². The maximum atomic E-state index is 13.6. The molecule has 0 aromatic heterocycles. The van der Waals surface area contributed by atoms with Crippen molar-refractivity contribution in [2.75, 3.05) is 41.8 Å². The van der Waals surface area contributed by atoms with Crippen molar-refractivity contribution in [1.82, 2.24) is 5.32 Å². The third kappa shape index (κ3) is 14.8. The molecule has 0 fully saturated rings. The first-order valence-electron chi connectivity index (χ1n) is 20.5. The van der Waals surface area contributed by atoms with Crippen LogP contribution in [0.25, 0.3) is 0 Å². The molecule has 0 saturated carbocycles. The molecule has 2 aromatic carbocycles. The number of nitrogens with one attached hydrogen (secondary N) is 1. The van der Waals surface area contributed by atoms with Crippen LogP contribution in [-0.2, 0) is 76.3 Å². The smallest absolute Gasteiger partial charge is 0.303 e. The summed E-state index contributed by atoms with van der Waals surface area (Å²) in [4.78, 5) is 23.5. The molecular formula is C39H52N3O21S6+. The summed E-state index contributed by atoms with van der Waals surface area (Å²) in [6.45, 7) is 3.54. The standard InChI is InChI=1S/C39H51N3O21S6/c1-38(2)32(41(17-10-19-64(46,47)48)29-23-26(67(55,56)57)22-28(35(29)38)37(45)40-16-21-66(52,53)54)12-6-4-7-13-33-39(3,15-9-5-8-14-34(43)44)36-30(42(33)18-11-20-65(49,50)51)24-27(68(58,59)60)25-31(36)69(61,62)63/h4,6-7,12-13,22-25H,5,8-11,14-21H2,1-3H3,(H7-,40,43,44,45,46,47,48,49,50,51,52,53,54,55,56,57,58,59,60,61,62,63)/p+1. The summed E-state index contributed by atoms with van der Waals surface area (Å²) < 4.78 is 206. The van der Waals surface area contributed by atoms with Gasteiger partial charge in [0.15, 0.2) is 5.71 Å². The number of carboxylic acid groups (broad SMARTS) is 1.